The number of carbonyl (C=O) groups excluding carboxylic acids is 1. The Hall–Kier alpha value is -2.02. The molecule has 0 atom stereocenters. The van der Waals surface area contributed by atoms with E-state index in [-0.39, 0.29) is 17.6 Å². The van der Waals surface area contributed by atoms with Crippen molar-refractivity contribution in [1.82, 2.24) is 14.9 Å². The van der Waals surface area contributed by atoms with E-state index < -0.39 is 0 Å². The predicted molar refractivity (Wildman–Crippen MR) is 89.4 cm³/mol. The molecule has 0 radical (unpaired) electrons. The minimum Gasteiger partial charge on any atom is -0.336 e. The first-order chi connectivity index (χ1) is 10.5. The van der Waals surface area contributed by atoms with Crippen molar-refractivity contribution in [2.24, 2.45) is 0 Å². The number of rotatable bonds is 6. The number of carbonyl (C=O) groups is 1. The highest BCUT2D eigenvalue weighted by atomic mass is 32.2. The highest BCUT2D eigenvalue weighted by Crippen LogP contribution is 2.20. The number of thioether (sulfide) groups is 1. The van der Waals surface area contributed by atoms with Gasteiger partial charge in [0.15, 0.2) is 5.82 Å². The smallest absolute Gasteiger partial charge is 0.234 e. The minimum atomic E-state index is -0.0833. The molecule has 0 unspecified atom stereocenters. The van der Waals surface area contributed by atoms with Gasteiger partial charge in [0, 0.05) is 11.6 Å². The van der Waals surface area contributed by atoms with E-state index >= 15 is 0 Å². The fourth-order valence-corrected chi connectivity index (χ4v) is 2.71. The Morgan fingerprint density at radius 1 is 1.36 bits per heavy atom. The molecule has 1 aromatic heterocycles. The normalized spacial score (nSPS) is 10.9. The van der Waals surface area contributed by atoms with Gasteiger partial charge in [0.1, 0.15) is 0 Å². The number of anilines is 1. The van der Waals surface area contributed by atoms with Gasteiger partial charge < -0.3 is 11.2 Å². The Labute approximate surface area is 134 Å². The van der Waals surface area contributed by atoms with Crippen LogP contribution in [0.1, 0.15) is 38.1 Å². The third-order valence-corrected chi connectivity index (χ3v) is 4.16. The maximum atomic E-state index is 12.1. The van der Waals surface area contributed by atoms with E-state index in [1.165, 1.54) is 16.4 Å². The van der Waals surface area contributed by atoms with Crippen LogP contribution in [0.5, 0.6) is 0 Å². The number of benzene rings is 1. The molecule has 3 N–H and O–H groups in total. The summed E-state index contributed by atoms with van der Waals surface area (Å²) >= 11 is 1.28. The SMILES string of the molecule is CCc1ccccc1NC(=O)CSc1nnc(C(C)C)n1N. The Balaban J connectivity index is 1.96. The molecule has 22 heavy (non-hydrogen) atoms. The second-order valence-electron chi connectivity index (χ2n) is 5.21. The molecule has 0 aliphatic carbocycles. The molecule has 0 bridgehead atoms. The highest BCUT2D eigenvalue weighted by molar-refractivity contribution is 7.99. The molecular formula is C15H21N5OS. The average molecular weight is 319 g/mol. The molecule has 0 aliphatic rings. The van der Waals surface area contributed by atoms with E-state index in [0.717, 1.165) is 17.7 Å². The van der Waals surface area contributed by atoms with Crippen molar-refractivity contribution in [3.63, 3.8) is 0 Å². The first kappa shape index (κ1) is 16.4. The molecule has 2 aromatic rings. The molecule has 1 amide bonds. The summed E-state index contributed by atoms with van der Waals surface area (Å²) in [6, 6.07) is 7.79. The lowest BCUT2D eigenvalue weighted by molar-refractivity contribution is -0.113. The number of nitrogens with zero attached hydrogens (tertiary/aromatic N) is 3. The fraction of sp³-hybridized carbons (Fsp3) is 0.400. The first-order valence-electron chi connectivity index (χ1n) is 7.23. The van der Waals surface area contributed by atoms with Crippen LogP contribution in [0.2, 0.25) is 0 Å². The molecule has 0 fully saturated rings. The number of nitrogens with one attached hydrogen (secondary N) is 1. The summed E-state index contributed by atoms with van der Waals surface area (Å²) in [4.78, 5) is 12.1. The number of amides is 1. The van der Waals surface area contributed by atoms with Gasteiger partial charge >= 0.3 is 0 Å². The zero-order valence-electron chi connectivity index (χ0n) is 13.0. The summed E-state index contributed by atoms with van der Waals surface area (Å²) in [6.45, 7) is 6.05. The summed E-state index contributed by atoms with van der Waals surface area (Å²) in [5.41, 5.74) is 1.97. The Kier molecular flexibility index (Phi) is 5.43. The number of nitrogens with two attached hydrogens (primary N) is 1. The lowest BCUT2D eigenvalue weighted by Crippen LogP contribution is -2.18. The molecule has 2 rings (SSSR count). The van der Waals surface area contributed by atoms with Crippen molar-refractivity contribution in [3.8, 4) is 0 Å². The van der Waals surface area contributed by atoms with Gasteiger partial charge in [-0.1, -0.05) is 50.7 Å². The van der Waals surface area contributed by atoms with Crippen molar-refractivity contribution >= 4 is 23.4 Å². The quantitative estimate of drug-likeness (QED) is 0.631. The van der Waals surface area contributed by atoms with Crippen molar-refractivity contribution < 1.29 is 4.79 Å². The molecule has 1 aromatic carbocycles. The predicted octanol–water partition coefficient (Wildman–Crippen LogP) is 2.41. The topological polar surface area (TPSA) is 85.8 Å². The van der Waals surface area contributed by atoms with Crippen LogP contribution in [0.4, 0.5) is 5.69 Å². The van der Waals surface area contributed by atoms with E-state index in [2.05, 4.69) is 22.4 Å². The zero-order valence-corrected chi connectivity index (χ0v) is 13.9. The van der Waals surface area contributed by atoms with Crippen LogP contribution in [0, 0.1) is 0 Å². The van der Waals surface area contributed by atoms with Gasteiger partial charge in [-0.05, 0) is 18.1 Å². The van der Waals surface area contributed by atoms with Crippen LogP contribution in [0.25, 0.3) is 0 Å². The van der Waals surface area contributed by atoms with Crippen LogP contribution in [0.3, 0.4) is 0 Å². The molecular weight excluding hydrogens is 298 g/mol. The molecule has 1 heterocycles. The third kappa shape index (κ3) is 3.79. The van der Waals surface area contributed by atoms with Crippen LogP contribution >= 0.6 is 11.8 Å². The molecule has 6 nitrogen and oxygen atoms in total. The van der Waals surface area contributed by atoms with Gasteiger partial charge in [0.05, 0.1) is 5.75 Å². The number of para-hydroxylation sites is 1. The van der Waals surface area contributed by atoms with Crippen LogP contribution in [0.15, 0.2) is 29.4 Å². The third-order valence-electron chi connectivity index (χ3n) is 3.21. The van der Waals surface area contributed by atoms with Crippen LogP contribution < -0.4 is 11.2 Å². The number of nitrogen functional groups attached to an aromatic ring is 1. The van der Waals surface area contributed by atoms with E-state index in [4.69, 9.17) is 5.84 Å². The van der Waals surface area contributed by atoms with Crippen molar-refractivity contribution in [3.05, 3.63) is 35.7 Å². The Morgan fingerprint density at radius 3 is 2.73 bits per heavy atom. The van der Waals surface area contributed by atoms with Gasteiger partial charge in [0.2, 0.25) is 11.1 Å². The van der Waals surface area contributed by atoms with Gasteiger partial charge in [-0.2, -0.15) is 0 Å². The van der Waals surface area contributed by atoms with E-state index in [0.29, 0.717) is 11.0 Å². The average Bonchev–Trinajstić information content (AvgIpc) is 2.87. The van der Waals surface area contributed by atoms with Crippen LogP contribution in [-0.2, 0) is 11.2 Å². The van der Waals surface area contributed by atoms with Crippen molar-refractivity contribution in [1.29, 1.82) is 0 Å². The summed E-state index contributed by atoms with van der Waals surface area (Å²) < 4.78 is 1.45. The van der Waals surface area contributed by atoms with Crippen molar-refractivity contribution in [2.75, 3.05) is 16.9 Å². The monoisotopic (exact) mass is 319 g/mol. The number of aryl methyl sites for hydroxylation is 1. The summed E-state index contributed by atoms with van der Waals surface area (Å²) in [7, 11) is 0. The molecule has 0 saturated heterocycles. The minimum absolute atomic E-state index is 0.0833. The van der Waals surface area contributed by atoms with E-state index in [9.17, 15) is 4.79 Å². The van der Waals surface area contributed by atoms with Gasteiger partial charge in [-0.25, -0.2) is 4.68 Å². The number of hydrogen-bond donors (Lipinski definition) is 2. The summed E-state index contributed by atoms with van der Waals surface area (Å²) in [5.74, 6) is 6.99. The maximum Gasteiger partial charge on any atom is 0.234 e. The summed E-state index contributed by atoms with van der Waals surface area (Å²) in [5, 5.41) is 11.5. The number of hydrogen-bond acceptors (Lipinski definition) is 5. The van der Waals surface area contributed by atoms with E-state index in [1.54, 1.807) is 0 Å². The van der Waals surface area contributed by atoms with Gasteiger partial charge in [-0.15, -0.1) is 10.2 Å². The van der Waals surface area contributed by atoms with E-state index in [1.807, 2.05) is 38.1 Å². The maximum absolute atomic E-state index is 12.1. The second-order valence-corrected chi connectivity index (χ2v) is 6.16. The molecule has 7 heteroatoms. The zero-order chi connectivity index (χ0) is 16.1. The largest absolute Gasteiger partial charge is 0.336 e. The Morgan fingerprint density at radius 2 is 2.09 bits per heavy atom. The summed E-state index contributed by atoms with van der Waals surface area (Å²) in [6.07, 6.45) is 0.873. The lowest BCUT2D eigenvalue weighted by atomic mass is 10.1. The van der Waals surface area contributed by atoms with Gasteiger partial charge in [-0.3, -0.25) is 4.79 Å². The van der Waals surface area contributed by atoms with Crippen molar-refractivity contribution in [2.45, 2.75) is 38.3 Å². The standard InChI is InChI=1S/C15H21N5OS/c1-4-11-7-5-6-8-12(11)17-13(21)9-22-15-19-18-14(10(2)3)20(15)16/h5-8,10H,4,9,16H2,1-3H3,(H,17,21). The van der Waals surface area contributed by atoms with Gasteiger partial charge in [0.25, 0.3) is 0 Å². The second kappa shape index (κ2) is 7.31. The molecule has 0 aliphatic heterocycles. The molecule has 0 saturated carbocycles. The number of aromatic nitrogens is 3. The fourth-order valence-electron chi connectivity index (χ4n) is 2.05. The van der Waals surface area contributed by atoms with Crippen LogP contribution in [-0.4, -0.2) is 26.5 Å². The lowest BCUT2D eigenvalue weighted by Gasteiger charge is -2.09. The highest BCUT2D eigenvalue weighted by Gasteiger charge is 2.14. The first-order valence-corrected chi connectivity index (χ1v) is 8.22. The Bertz CT molecular complexity index is 653. The molecule has 0 spiro atoms. The molecule has 118 valence electrons.